The fourth-order valence-electron chi connectivity index (χ4n) is 1.09. The number of carbonyl (C=O) groups is 2. The number of rotatable bonds is 2. The smallest absolute Gasteiger partial charge is 0.240 e. The van der Waals surface area contributed by atoms with E-state index >= 15 is 0 Å². The summed E-state index contributed by atoms with van der Waals surface area (Å²) < 4.78 is 0.859. The number of anilines is 1. The van der Waals surface area contributed by atoms with Crippen molar-refractivity contribution in [2.75, 3.05) is 5.73 Å². The Morgan fingerprint density at radius 1 is 1.64 bits per heavy atom. The van der Waals surface area contributed by atoms with Crippen molar-refractivity contribution >= 4 is 40.0 Å². The molecule has 0 saturated carbocycles. The van der Waals surface area contributed by atoms with Crippen molar-refractivity contribution in [3.63, 3.8) is 0 Å². The largest absolute Gasteiger partial charge is 0.375 e. The van der Waals surface area contributed by atoms with Gasteiger partial charge in [-0.05, 0) is 0 Å². The molecule has 2 rings (SSSR count). The van der Waals surface area contributed by atoms with Crippen molar-refractivity contribution in [3.8, 4) is 0 Å². The second kappa shape index (κ2) is 3.58. The van der Waals surface area contributed by atoms with Crippen LogP contribution in [0.15, 0.2) is 10.4 Å². The number of carbonyl (C=O) groups excluding carboxylic acids is 2. The number of aromatic nitrogens is 1. The lowest BCUT2D eigenvalue weighted by molar-refractivity contribution is -0.124. The van der Waals surface area contributed by atoms with Crippen molar-refractivity contribution in [3.05, 3.63) is 6.20 Å². The number of nitrogens with zero attached hydrogens (tertiary/aromatic N) is 1. The molecule has 1 aromatic rings. The summed E-state index contributed by atoms with van der Waals surface area (Å²) in [5, 5.41) is 2.39. The molecule has 5 nitrogen and oxygen atoms in total. The number of nitrogens with two attached hydrogens (primary N) is 1. The maximum atomic E-state index is 11.2. The molecule has 0 bridgehead atoms. The van der Waals surface area contributed by atoms with Gasteiger partial charge in [0, 0.05) is 6.42 Å². The van der Waals surface area contributed by atoms with E-state index in [2.05, 4.69) is 10.3 Å². The van der Waals surface area contributed by atoms with Gasteiger partial charge in [-0.1, -0.05) is 23.1 Å². The van der Waals surface area contributed by atoms with Gasteiger partial charge in [0.15, 0.2) is 5.13 Å². The van der Waals surface area contributed by atoms with Gasteiger partial charge >= 0.3 is 0 Å². The zero-order valence-corrected chi connectivity index (χ0v) is 8.65. The third-order valence-electron chi connectivity index (χ3n) is 1.69. The third kappa shape index (κ3) is 1.88. The Balaban J connectivity index is 2.05. The van der Waals surface area contributed by atoms with Gasteiger partial charge in [-0.15, -0.1) is 0 Å². The highest BCUT2D eigenvalue weighted by atomic mass is 32.2. The molecule has 0 spiro atoms. The number of nitrogen functional groups attached to an aromatic ring is 1. The van der Waals surface area contributed by atoms with E-state index in [1.54, 1.807) is 6.20 Å². The molecule has 1 aromatic heterocycles. The average molecular weight is 229 g/mol. The Morgan fingerprint density at radius 2 is 2.43 bits per heavy atom. The fourth-order valence-corrected chi connectivity index (χ4v) is 3.10. The molecule has 2 heterocycles. The van der Waals surface area contributed by atoms with Gasteiger partial charge in [-0.2, -0.15) is 0 Å². The Labute approximate surface area is 88.1 Å². The van der Waals surface area contributed by atoms with E-state index in [0.29, 0.717) is 5.13 Å². The number of imide groups is 1. The van der Waals surface area contributed by atoms with Gasteiger partial charge in [0.2, 0.25) is 11.8 Å². The van der Waals surface area contributed by atoms with Gasteiger partial charge in [0.05, 0.1) is 15.7 Å². The molecule has 1 fully saturated rings. The van der Waals surface area contributed by atoms with Crippen molar-refractivity contribution in [2.45, 2.75) is 15.9 Å². The van der Waals surface area contributed by atoms with Crippen LogP contribution < -0.4 is 11.1 Å². The third-order valence-corrected chi connectivity index (χ3v) is 3.85. The summed E-state index contributed by atoms with van der Waals surface area (Å²) in [6.45, 7) is 0. The summed E-state index contributed by atoms with van der Waals surface area (Å²) in [6, 6.07) is 0. The average Bonchev–Trinajstić information content (AvgIpc) is 2.61. The molecule has 14 heavy (non-hydrogen) atoms. The highest BCUT2D eigenvalue weighted by Crippen LogP contribution is 2.32. The first-order chi connectivity index (χ1) is 6.65. The topological polar surface area (TPSA) is 85.1 Å². The molecule has 74 valence electrons. The molecule has 0 aliphatic carbocycles. The molecule has 1 unspecified atom stereocenters. The number of hydrogen-bond acceptors (Lipinski definition) is 6. The van der Waals surface area contributed by atoms with Gasteiger partial charge in [-0.3, -0.25) is 14.9 Å². The van der Waals surface area contributed by atoms with Crippen molar-refractivity contribution < 1.29 is 9.59 Å². The zero-order valence-electron chi connectivity index (χ0n) is 7.02. The Hall–Kier alpha value is -1.08. The molecule has 1 atom stereocenters. The summed E-state index contributed by atoms with van der Waals surface area (Å²) >= 11 is 2.64. The number of hydrogen-bond donors (Lipinski definition) is 2. The number of amides is 2. The van der Waals surface area contributed by atoms with Crippen LogP contribution in [0.25, 0.3) is 0 Å². The first kappa shape index (κ1) is 9.47. The molecule has 0 aromatic carbocycles. The molecular formula is C7H7N3O2S2. The lowest BCUT2D eigenvalue weighted by Crippen LogP contribution is -2.22. The zero-order chi connectivity index (χ0) is 10.1. The maximum Gasteiger partial charge on any atom is 0.240 e. The van der Waals surface area contributed by atoms with Crippen LogP contribution in [0.2, 0.25) is 0 Å². The van der Waals surface area contributed by atoms with E-state index in [9.17, 15) is 9.59 Å². The number of nitrogens with one attached hydrogen (secondary N) is 1. The molecule has 7 heteroatoms. The van der Waals surface area contributed by atoms with E-state index in [-0.39, 0.29) is 23.5 Å². The van der Waals surface area contributed by atoms with E-state index in [1.807, 2.05) is 0 Å². The van der Waals surface area contributed by atoms with Gasteiger partial charge < -0.3 is 5.73 Å². The molecule has 3 N–H and O–H groups in total. The summed E-state index contributed by atoms with van der Waals surface area (Å²) in [4.78, 5) is 25.9. The lowest BCUT2D eigenvalue weighted by atomic mass is 10.4. The Bertz CT molecular complexity index is 390. The standard InChI is InChI=1S/C7H7N3O2S2/c8-7-9-2-5(14-7)13-3-1-4(11)10-6(3)12/h2-3H,1H2,(H2,8,9)(H,10,11,12). The van der Waals surface area contributed by atoms with Crippen LogP contribution in [0.4, 0.5) is 5.13 Å². The quantitative estimate of drug-likeness (QED) is 0.709. The van der Waals surface area contributed by atoms with E-state index in [0.717, 1.165) is 4.21 Å². The van der Waals surface area contributed by atoms with Gasteiger partial charge in [-0.25, -0.2) is 4.98 Å². The van der Waals surface area contributed by atoms with E-state index in [4.69, 9.17) is 5.73 Å². The van der Waals surface area contributed by atoms with Crippen LogP contribution in [0.5, 0.6) is 0 Å². The molecule has 1 saturated heterocycles. The predicted octanol–water partition coefficient (Wildman–Crippen LogP) is 0.233. The summed E-state index contributed by atoms with van der Waals surface area (Å²) in [5.74, 6) is -0.447. The highest BCUT2D eigenvalue weighted by Gasteiger charge is 2.31. The SMILES string of the molecule is Nc1ncc(SC2CC(=O)NC2=O)s1. The molecule has 1 aliphatic rings. The highest BCUT2D eigenvalue weighted by molar-refractivity contribution is 8.02. The molecular weight excluding hydrogens is 222 g/mol. The second-order valence-corrected chi connectivity index (χ2v) is 5.31. The minimum absolute atomic E-state index is 0.218. The van der Waals surface area contributed by atoms with Crippen molar-refractivity contribution in [2.24, 2.45) is 0 Å². The van der Waals surface area contributed by atoms with Gasteiger partial charge in [0.25, 0.3) is 0 Å². The first-order valence-corrected chi connectivity index (χ1v) is 5.56. The minimum atomic E-state index is -0.331. The van der Waals surface area contributed by atoms with Crippen LogP contribution in [-0.2, 0) is 9.59 Å². The summed E-state index contributed by atoms with van der Waals surface area (Å²) in [6.07, 6.45) is 1.85. The van der Waals surface area contributed by atoms with Crippen molar-refractivity contribution in [1.29, 1.82) is 0 Å². The van der Waals surface area contributed by atoms with Gasteiger partial charge in [0.1, 0.15) is 0 Å². The normalized spacial score (nSPS) is 21.3. The summed E-state index contributed by atoms with van der Waals surface area (Å²) in [7, 11) is 0. The number of thioether (sulfide) groups is 1. The number of thiazole rings is 1. The molecule has 2 amide bonds. The van der Waals surface area contributed by atoms with Crippen LogP contribution in [0, 0.1) is 0 Å². The monoisotopic (exact) mass is 229 g/mol. The fraction of sp³-hybridized carbons (Fsp3) is 0.286. The Kier molecular flexibility index (Phi) is 2.42. The van der Waals surface area contributed by atoms with Crippen LogP contribution >= 0.6 is 23.1 Å². The predicted molar refractivity (Wildman–Crippen MR) is 53.9 cm³/mol. The molecule has 1 aliphatic heterocycles. The second-order valence-electron chi connectivity index (χ2n) is 2.74. The van der Waals surface area contributed by atoms with Crippen molar-refractivity contribution in [1.82, 2.24) is 10.3 Å². The van der Waals surface area contributed by atoms with E-state index in [1.165, 1.54) is 23.1 Å². The maximum absolute atomic E-state index is 11.2. The summed E-state index contributed by atoms with van der Waals surface area (Å²) in [5.41, 5.74) is 5.44. The van der Waals surface area contributed by atoms with E-state index < -0.39 is 0 Å². The van der Waals surface area contributed by atoms with Crippen LogP contribution in [0.1, 0.15) is 6.42 Å². The van der Waals surface area contributed by atoms with Crippen LogP contribution in [0.3, 0.4) is 0 Å². The molecule has 0 radical (unpaired) electrons. The Morgan fingerprint density at radius 3 is 2.93 bits per heavy atom. The van der Waals surface area contributed by atoms with Crippen LogP contribution in [-0.4, -0.2) is 22.0 Å². The first-order valence-electron chi connectivity index (χ1n) is 3.87. The minimum Gasteiger partial charge on any atom is -0.375 e. The lowest BCUT2D eigenvalue weighted by Gasteiger charge is -2.00.